The number of amides is 2. The van der Waals surface area contributed by atoms with E-state index in [0.717, 1.165) is 56.9 Å². The highest BCUT2D eigenvalue weighted by Gasteiger charge is 2.32. The van der Waals surface area contributed by atoms with Crippen LogP contribution < -0.4 is 0 Å². The van der Waals surface area contributed by atoms with E-state index in [4.69, 9.17) is 9.98 Å². The highest BCUT2D eigenvalue weighted by atomic mass is 79.9. The Morgan fingerprint density at radius 3 is 1.33 bits per heavy atom. The summed E-state index contributed by atoms with van der Waals surface area (Å²) < 4.78 is 1.87. The third kappa shape index (κ3) is 7.52. The lowest BCUT2D eigenvalue weighted by atomic mass is 10.1. The summed E-state index contributed by atoms with van der Waals surface area (Å²) in [7, 11) is 0. The van der Waals surface area contributed by atoms with E-state index in [9.17, 15) is 9.59 Å². The van der Waals surface area contributed by atoms with Crippen LogP contribution in [-0.2, 0) is 9.59 Å². The molecule has 46 heavy (non-hydrogen) atoms. The number of amidine groups is 2. The minimum atomic E-state index is -0.0888. The van der Waals surface area contributed by atoms with Crippen molar-refractivity contribution < 1.29 is 9.59 Å². The lowest BCUT2D eigenvalue weighted by Gasteiger charge is -2.20. The molecule has 230 valence electrons. The molecule has 0 atom stereocenters. The van der Waals surface area contributed by atoms with Gasteiger partial charge in [0.15, 0.2) is 0 Å². The summed E-state index contributed by atoms with van der Waals surface area (Å²) in [6.45, 7) is 1.13. The predicted octanol–water partition coefficient (Wildman–Crippen LogP) is 8.73. The maximum absolute atomic E-state index is 13.5. The van der Waals surface area contributed by atoms with Gasteiger partial charge >= 0.3 is 0 Å². The minimum Gasteiger partial charge on any atom is -0.291 e. The first-order valence-electron chi connectivity index (χ1n) is 15.3. The molecule has 0 aliphatic carbocycles. The van der Waals surface area contributed by atoms with Crippen molar-refractivity contribution in [3.63, 3.8) is 0 Å². The topological polar surface area (TPSA) is 65.3 Å². The zero-order chi connectivity index (χ0) is 31.9. The third-order valence-electron chi connectivity index (χ3n) is 7.78. The first-order valence-corrected chi connectivity index (χ1v) is 16.9. The normalized spacial score (nSPS) is 16.5. The number of unbranched alkanes of at least 4 members (excludes halogenated alkanes) is 3. The molecule has 2 aliphatic heterocycles. The Balaban J connectivity index is 1.10. The molecule has 0 saturated carbocycles. The van der Waals surface area contributed by atoms with E-state index in [1.165, 1.54) is 0 Å². The van der Waals surface area contributed by atoms with Gasteiger partial charge in [-0.25, -0.2) is 9.98 Å². The van der Waals surface area contributed by atoms with Gasteiger partial charge in [-0.15, -0.1) is 0 Å². The molecule has 0 fully saturated rings. The van der Waals surface area contributed by atoms with Crippen LogP contribution in [0.1, 0.15) is 47.9 Å². The van der Waals surface area contributed by atoms with E-state index < -0.39 is 0 Å². The van der Waals surface area contributed by atoms with Crippen molar-refractivity contribution in [1.82, 2.24) is 9.80 Å². The summed E-state index contributed by atoms with van der Waals surface area (Å²) in [5.41, 5.74) is 4.54. The maximum atomic E-state index is 13.5. The Morgan fingerprint density at radius 1 is 0.522 bits per heavy atom. The number of hydrogen-bond acceptors (Lipinski definition) is 4. The molecule has 0 bridgehead atoms. The SMILES string of the molecule is O=C1C(=Cc2ccccc2)N=C(c2cccc(Br)c2)N1CCCCCCN1C(=O)C(=Cc2ccccc2)N=C1c1cccc(Br)c1. The molecule has 2 amide bonds. The summed E-state index contributed by atoms with van der Waals surface area (Å²) in [5.74, 6) is 1.16. The Kier molecular flexibility index (Phi) is 10.2. The molecule has 4 aromatic carbocycles. The number of aliphatic imine (C=N–C) groups is 2. The third-order valence-corrected chi connectivity index (χ3v) is 8.76. The molecule has 0 N–H and O–H groups in total. The summed E-state index contributed by atoms with van der Waals surface area (Å²) in [4.78, 5) is 40.2. The second-order valence-corrected chi connectivity index (χ2v) is 12.9. The fourth-order valence-corrected chi connectivity index (χ4v) is 6.32. The van der Waals surface area contributed by atoms with Gasteiger partial charge < -0.3 is 0 Å². The number of hydrogen-bond donors (Lipinski definition) is 0. The van der Waals surface area contributed by atoms with Crippen molar-refractivity contribution in [3.05, 3.63) is 152 Å². The van der Waals surface area contributed by atoms with Crippen LogP contribution in [0.2, 0.25) is 0 Å². The largest absolute Gasteiger partial charge is 0.291 e. The van der Waals surface area contributed by atoms with Crippen LogP contribution in [0.15, 0.2) is 140 Å². The molecular formula is C38H32Br2N4O2. The van der Waals surface area contributed by atoms with Gasteiger partial charge in [0.2, 0.25) is 0 Å². The molecule has 2 heterocycles. The molecule has 6 nitrogen and oxygen atoms in total. The monoisotopic (exact) mass is 734 g/mol. The minimum absolute atomic E-state index is 0.0888. The second kappa shape index (κ2) is 14.8. The van der Waals surface area contributed by atoms with Crippen molar-refractivity contribution >= 4 is 67.5 Å². The van der Waals surface area contributed by atoms with Crippen LogP contribution in [0.3, 0.4) is 0 Å². The zero-order valence-corrected chi connectivity index (χ0v) is 28.3. The molecule has 0 aromatic heterocycles. The maximum Gasteiger partial charge on any atom is 0.278 e. The Hall–Kier alpha value is -4.40. The van der Waals surface area contributed by atoms with Crippen LogP contribution in [0.25, 0.3) is 12.2 Å². The van der Waals surface area contributed by atoms with Crippen molar-refractivity contribution in [2.75, 3.05) is 13.1 Å². The molecule has 6 rings (SSSR count). The van der Waals surface area contributed by atoms with Gasteiger partial charge in [-0.2, -0.15) is 0 Å². The standard InChI is InChI=1S/C38H32Br2N4O2/c39-31-19-11-17-29(25-31)35-41-33(23-27-13-5-3-6-14-27)37(45)43(35)21-9-1-2-10-22-44-36(30-18-12-20-32(40)26-30)42-34(38(44)46)24-28-15-7-4-8-16-28/h3-8,11-20,23-26H,1-2,9-10,21-22H2. The van der Waals surface area contributed by atoms with Gasteiger partial charge in [0, 0.05) is 33.2 Å². The smallest absolute Gasteiger partial charge is 0.278 e. The average Bonchev–Trinajstić information content (AvgIpc) is 3.54. The van der Waals surface area contributed by atoms with Gasteiger partial charge in [0.05, 0.1) is 0 Å². The number of rotatable bonds is 11. The summed E-state index contributed by atoms with van der Waals surface area (Å²) in [5, 5.41) is 0. The highest BCUT2D eigenvalue weighted by Crippen LogP contribution is 2.26. The van der Waals surface area contributed by atoms with Gasteiger partial charge in [-0.1, -0.05) is 130 Å². The number of halogens is 2. The van der Waals surface area contributed by atoms with E-state index in [1.54, 1.807) is 9.80 Å². The van der Waals surface area contributed by atoms with Crippen LogP contribution in [0.4, 0.5) is 0 Å². The number of benzene rings is 4. The van der Waals surface area contributed by atoms with Crippen molar-refractivity contribution in [1.29, 1.82) is 0 Å². The summed E-state index contributed by atoms with van der Waals surface area (Å²) in [6, 6.07) is 35.3. The van der Waals surface area contributed by atoms with Crippen molar-refractivity contribution in [2.24, 2.45) is 9.98 Å². The molecule has 0 unspecified atom stereocenters. The van der Waals surface area contributed by atoms with E-state index in [1.807, 2.05) is 121 Å². The molecule has 0 saturated heterocycles. The lowest BCUT2D eigenvalue weighted by Crippen LogP contribution is -2.34. The van der Waals surface area contributed by atoms with Gasteiger partial charge in [0.25, 0.3) is 11.8 Å². The van der Waals surface area contributed by atoms with Gasteiger partial charge in [-0.3, -0.25) is 19.4 Å². The zero-order valence-electron chi connectivity index (χ0n) is 25.2. The molecule has 2 aliphatic rings. The van der Waals surface area contributed by atoms with E-state index in [0.29, 0.717) is 36.2 Å². The Bertz CT molecular complexity index is 1730. The Morgan fingerprint density at radius 2 is 0.935 bits per heavy atom. The van der Waals surface area contributed by atoms with Crippen molar-refractivity contribution in [2.45, 2.75) is 25.7 Å². The average molecular weight is 737 g/mol. The summed E-state index contributed by atoms with van der Waals surface area (Å²) >= 11 is 7.11. The molecular weight excluding hydrogens is 704 g/mol. The lowest BCUT2D eigenvalue weighted by molar-refractivity contribution is -0.123. The van der Waals surface area contributed by atoms with Gasteiger partial charge in [-0.05, 0) is 60.4 Å². The second-order valence-electron chi connectivity index (χ2n) is 11.1. The van der Waals surface area contributed by atoms with Crippen LogP contribution >= 0.6 is 31.9 Å². The Labute approximate surface area is 286 Å². The number of carbonyl (C=O) groups excluding carboxylic acids is 2. The van der Waals surface area contributed by atoms with Gasteiger partial charge in [0.1, 0.15) is 23.1 Å². The molecule has 8 heteroatoms. The van der Waals surface area contributed by atoms with Crippen LogP contribution in [0.5, 0.6) is 0 Å². The molecule has 4 aromatic rings. The number of carbonyl (C=O) groups is 2. The fraction of sp³-hybridized carbons (Fsp3) is 0.158. The molecule has 0 radical (unpaired) electrons. The number of nitrogens with zero attached hydrogens (tertiary/aromatic N) is 4. The highest BCUT2D eigenvalue weighted by molar-refractivity contribution is 9.10. The summed E-state index contributed by atoms with van der Waals surface area (Å²) in [6.07, 6.45) is 7.14. The first-order chi connectivity index (χ1) is 22.5. The van der Waals surface area contributed by atoms with E-state index >= 15 is 0 Å². The van der Waals surface area contributed by atoms with Crippen molar-refractivity contribution in [3.8, 4) is 0 Å². The fourth-order valence-electron chi connectivity index (χ4n) is 5.52. The van der Waals surface area contributed by atoms with E-state index in [2.05, 4.69) is 31.9 Å². The first kappa shape index (κ1) is 31.6. The van der Waals surface area contributed by atoms with Crippen LogP contribution in [0, 0.1) is 0 Å². The molecule has 0 spiro atoms. The van der Waals surface area contributed by atoms with Crippen LogP contribution in [-0.4, -0.2) is 46.4 Å². The quantitative estimate of drug-likeness (QED) is 0.114. The van der Waals surface area contributed by atoms with E-state index in [-0.39, 0.29) is 11.8 Å². The predicted molar refractivity (Wildman–Crippen MR) is 192 cm³/mol.